The second kappa shape index (κ2) is 18.3. The van der Waals surface area contributed by atoms with Crippen molar-refractivity contribution in [1.29, 1.82) is 0 Å². The van der Waals surface area contributed by atoms with Gasteiger partial charge in [0.1, 0.15) is 12.2 Å². The minimum Gasteiger partial charge on any atom is -0.490 e. The largest absolute Gasteiger partial charge is 0.490 e. The van der Waals surface area contributed by atoms with Crippen LogP contribution in [0, 0.1) is 0 Å². The predicted molar refractivity (Wildman–Crippen MR) is 215 cm³/mol. The van der Waals surface area contributed by atoms with Crippen molar-refractivity contribution in [2.24, 2.45) is 4.99 Å². The molecular weight excluding hydrogens is 738 g/mol. The van der Waals surface area contributed by atoms with Crippen LogP contribution in [0.15, 0.2) is 138 Å². The standard InChI is InChI=1S/C43H38ClN3O7S/c1-4-7-18-32(5-2)47-42(50)33(21-29-22-34(44)40(37(24-29)51-6-3)52-25-28-19-20-35-36(23-28)54-27-53-35)41(49)46-43(47)55-26-38(48)45-39(30-14-10-8-11-15-30)31-16-12-9-13-17-31/h4-5,7-24,39H,1,6,25-27H2,2-3H3,(H,45,48)/b18-7-,32-5+,33-21+. The molecule has 2 heterocycles. The molecule has 2 aliphatic heterocycles. The molecule has 10 nitrogen and oxygen atoms in total. The molecule has 2 aliphatic rings. The fourth-order valence-electron chi connectivity index (χ4n) is 5.82. The molecule has 12 heteroatoms. The van der Waals surface area contributed by atoms with Gasteiger partial charge in [-0.15, -0.1) is 0 Å². The highest BCUT2D eigenvalue weighted by atomic mass is 35.5. The third-order valence-electron chi connectivity index (χ3n) is 8.38. The normalized spacial score (nSPS) is 14.8. The van der Waals surface area contributed by atoms with Crippen molar-refractivity contribution in [3.63, 3.8) is 0 Å². The van der Waals surface area contributed by atoms with Gasteiger partial charge in [0, 0.05) is 5.70 Å². The van der Waals surface area contributed by atoms with E-state index in [1.807, 2.05) is 85.8 Å². The number of benzene rings is 4. The van der Waals surface area contributed by atoms with Crippen molar-refractivity contribution in [3.05, 3.63) is 160 Å². The lowest BCUT2D eigenvalue weighted by Crippen LogP contribution is -2.42. The monoisotopic (exact) mass is 775 g/mol. The summed E-state index contributed by atoms with van der Waals surface area (Å²) in [5, 5.41) is 3.37. The Kier molecular flexibility index (Phi) is 12.9. The molecule has 55 heavy (non-hydrogen) atoms. The molecule has 4 aromatic carbocycles. The van der Waals surface area contributed by atoms with Gasteiger partial charge in [0.2, 0.25) is 12.7 Å². The Hall–Kier alpha value is -6.04. The van der Waals surface area contributed by atoms with E-state index in [2.05, 4.69) is 16.9 Å². The molecule has 0 unspecified atom stereocenters. The molecule has 0 fully saturated rings. The number of carbonyl (C=O) groups is 3. The Morgan fingerprint density at radius 1 is 1.00 bits per heavy atom. The smallest absolute Gasteiger partial charge is 0.285 e. The number of thioether (sulfide) groups is 1. The van der Waals surface area contributed by atoms with Gasteiger partial charge in [0.15, 0.2) is 28.2 Å². The minimum atomic E-state index is -0.768. The molecule has 0 bridgehead atoms. The zero-order valence-corrected chi connectivity index (χ0v) is 31.8. The summed E-state index contributed by atoms with van der Waals surface area (Å²) in [7, 11) is 0. The Labute approximate surface area is 328 Å². The number of nitrogens with one attached hydrogen (secondary N) is 1. The summed E-state index contributed by atoms with van der Waals surface area (Å²) in [6, 6.07) is 27.6. The fourth-order valence-corrected chi connectivity index (χ4v) is 6.90. The third-order valence-corrected chi connectivity index (χ3v) is 9.60. The SMILES string of the molecule is C=C/C=C\C(=C/C)N1C(=O)/C(=C/c2cc(Cl)c(OCc3ccc4c(c3)OCO4)c(OCC)c2)C(=O)N=C1SCC(=O)NC(c1ccccc1)c1ccccc1. The minimum absolute atomic E-state index is 0.0559. The molecule has 4 aromatic rings. The molecule has 0 saturated heterocycles. The van der Waals surface area contributed by atoms with Crippen molar-refractivity contribution in [2.75, 3.05) is 19.2 Å². The molecule has 0 saturated carbocycles. The second-order valence-corrected chi connectivity index (χ2v) is 13.4. The number of halogens is 1. The average molecular weight is 776 g/mol. The lowest BCUT2D eigenvalue weighted by atomic mass is 9.99. The number of nitrogens with zero attached hydrogens (tertiary/aromatic N) is 2. The van der Waals surface area contributed by atoms with Gasteiger partial charge in [-0.05, 0) is 72.5 Å². The number of carbonyl (C=O) groups excluding carboxylic acids is 3. The number of allylic oxidation sites excluding steroid dienone is 4. The van der Waals surface area contributed by atoms with Gasteiger partial charge in [-0.25, -0.2) is 0 Å². The molecule has 0 radical (unpaired) electrons. The molecule has 0 aromatic heterocycles. The van der Waals surface area contributed by atoms with Gasteiger partial charge in [-0.1, -0.05) is 115 Å². The van der Waals surface area contributed by atoms with E-state index >= 15 is 0 Å². The van der Waals surface area contributed by atoms with E-state index in [1.54, 1.807) is 43.4 Å². The summed E-state index contributed by atoms with van der Waals surface area (Å²) in [6.45, 7) is 7.94. The summed E-state index contributed by atoms with van der Waals surface area (Å²) in [6.07, 6.45) is 8.03. The summed E-state index contributed by atoms with van der Waals surface area (Å²) < 4.78 is 22.8. The zero-order chi connectivity index (χ0) is 38.7. The van der Waals surface area contributed by atoms with Gasteiger partial charge >= 0.3 is 0 Å². The van der Waals surface area contributed by atoms with E-state index in [0.29, 0.717) is 40.9 Å². The van der Waals surface area contributed by atoms with Crippen molar-refractivity contribution in [1.82, 2.24) is 10.2 Å². The Bertz CT molecular complexity index is 2160. The highest BCUT2D eigenvalue weighted by Gasteiger charge is 2.35. The number of amidine groups is 1. The maximum atomic E-state index is 14.2. The Balaban J connectivity index is 1.25. The number of hydrogen-bond acceptors (Lipinski definition) is 8. The van der Waals surface area contributed by atoms with Gasteiger partial charge in [-0.3, -0.25) is 19.3 Å². The van der Waals surface area contributed by atoms with Gasteiger partial charge in [0.25, 0.3) is 11.8 Å². The molecule has 6 rings (SSSR count). The number of hydrogen-bond donors (Lipinski definition) is 1. The highest BCUT2D eigenvalue weighted by molar-refractivity contribution is 8.14. The zero-order valence-electron chi connectivity index (χ0n) is 30.2. The molecule has 0 atom stereocenters. The van der Waals surface area contributed by atoms with Crippen LogP contribution >= 0.6 is 23.4 Å². The maximum Gasteiger partial charge on any atom is 0.285 e. The van der Waals surface area contributed by atoms with Gasteiger partial charge < -0.3 is 24.3 Å². The first kappa shape index (κ1) is 38.7. The average Bonchev–Trinajstić information content (AvgIpc) is 3.67. The van der Waals surface area contributed by atoms with Crippen molar-refractivity contribution in [2.45, 2.75) is 26.5 Å². The lowest BCUT2D eigenvalue weighted by molar-refractivity contribution is -0.126. The first-order valence-electron chi connectivity index (χ1n) is 17.4. The first-order chi connectivity index (χ1) is 26.8. The van der Waals surface area contributed by atoms with Crippen LogP contribution in [0.1, 0.15) is 42.1 Å². The number of ether oxygens (including phenoxy) is 4. The number of rotatable bonds is 14. The Morgan fingerprint density at radius 3 is 2.38 bits per heavy atom. The van der Waals surface area contributed by atoms with E-state index in [-0.39, 0.29) is 40.8 Å². The summed E-state index contributed by atoms with van der Waals surface area (Å²) in [5.41, 5.74) is 3.29. The van der Waals surface area contributed by atoms with Crippen LogP contribution in [-0.4, -0.2) is 46.9 Å². The predicted octanol–water partition coefficient (Wildman–Crippen LogP) is 8.44. The lowest BCUT2D eigenvalue weighted by Gasteiger charge is -2.28. The van der Waals surface area contributed by atoms with Crippen LogP contribution < -0.4 is 24.3 Å². The quantitative estimate of drug-likeness (QED) is 0.0771. The van der Waals surface area contributed by atoms with Crippen molar-refractivity contribution in [3.8, 4) is 23.0 Å². The molecule has 3 amide bonds. The van der Waals surface area contributed by atoms with Gasteiger partial charge in [-0.2, -0.15) is 4.99 Å². The molecule has 280 valence electrons. The summed E-state index contributed by atoms with van der Waals surface area (Å²) in [5.74, 6) is 0.0899. The number of amides is 3. The number of fused-ring (bicyclic) bond motifs is 1. The number of aliphatic imine (C=N–C) groups is 1. The highest BCUT2D eigenvalue weighted by Crippen LogP contribution is 2.39. The fraction of sp³-hybridized carbons (Fsp3) is 0.163. The van der Waals surface area contributed by atoms with Crippen LogP contribution in [0.5, 0.6) is 23.0 Å². The maximum absolute atomic E-state index is 14.2. The molecule has 1 N–H and O–H groups in total. The van der Waals surface area contributed by atoms with Crippen LogP contribution in [0.4, 0.5) is 0 Å². The Morgan fingerprint density at radius 2 is 1.71 bits per heavy atom. The first-order valence-corrected chi connectivity index (χ1v) is 18.8. The molecule has 0 aliphatic carbocycles. The summed E-state index contributed by atoms with van der Waals surface area (Å²) in [4.78, 5) is 46.9. The van der Waals surface area contributed by atoms with Gasteiger partial charge in [0.05, 0.1) is 23.4 Å². The van der Waals surface area contributed by atoms with Crippen molar-refractivity contribution >= 4 is 52.3 Å². The molecule has 0 spiro atoms. The topological polar surface area (TPSA) is 116 Å². The summed E-state index contributed by atoms with van der Waals surface area (Å²) >= 11 is 7.72. The van der Waals surface area contributed by atoms with Crippen molar-refractivity contribution < 1.29 is 33.3 Å². The van der Waals surface area contributed by atoms with E-state index in [9.17, 15) is 14.4 Å². The van der Waals surface area contributed by atoms with Crippen LogP contribution in [0.25, 0.3) is 6.08 Å². The van der Waals surface area contributed by atoms with E-state index in [4.69, 9.17) is 30.5 Å². The van der Waals surface area contributed by atoms with Crippen LogP contribution in [0.2, 0.25) is 5.02 Å². The van der Waals surface area contributed by atoms with E-state index in [0.717, 1.165) is 28.5 Å². The van der Waals surface area contributed by atoms with Crippen LogP contribution in [-0.2, 0) is 21.0 Å². The third kappa shape index (κ3) is 9.37. The molecular formula is C43H38ClN3O7S. The van der Waals surface area contributed by atoms with E-state index < -0.39 is 17.9 Å². The van der Waals surface area contributed by atoms with E-state index in [1.165, 1.54) is 11.0 Å². The van der Waals surface area contributed by atoms with Crippen LogP contribution in [0.3, 0.4) is 0 Å². The second-order valence-electron chi connectivity index (χ2n) is 12.1.